The number of piperazine rings is 1. The van der Waals surface area contributed by atoms with Crippen molar-refractivity contribution >= 4 is 46.1 Å². The molecular weight excluding hydrogens is 683 g/mol. The van der Waals surface area contributed by atoms with Crippen LogP contribution in [0.3, 0.4) is 0 Å². The predicted octanol–water partition coefficient (Wildman–Crippen LogP) is 4.86. The van der Waals surface area contributed by atoms with E-state index in [0.717, 1.165) is 88.0 Å². The zero-order valence-corrected chi connectivity index (χ0v) is 31.2. The molecule has 1 saturated carbocycles. The third kappa shape index (κ3) is 7.39. The molecule has 4 aliphatic rings. The maximum absolute atomic E-state index is 13.6. The number of likely N-dealkylation sites (tertiary alicyclic amines) is 1. The van der Waals surface area contributed by atoms with Crippen LogP contribution < -0.4 is 21.1 Å². The van der Waals surface area contributed by atoms with E-state index < -0.39 is 0 Å². The number of hydrogen-bond donors (Lipinski definition) is 2. The zero-order valence-electron chi connectivity index (χ0n) is 31.2. The molecule has 2 N–H and O–H groups in total. The molecule has 13 nitrogen and oxygen atoms in total. The van der Waals surface area contributed by atoms with Gasteiger partial charge in [-0.25, -0.2) is 9.97 Å². The monoisotopic (exact) mass is 731 g/mol. The second-order valence-electron chi connectivity index (χ2n) is 15.4. The average molecular weight is 732 g/mol. The summed E-state index contributed by atoms with van der Waals surface area (Å²) in [7, 11) is 0. The first-order valence-electron chi connectivity index (χ1n) is 19.5. The number of benzene rings is 1. The number of Topliss-reactive ketones (excluding diaryl/α,β-unsaturated/α-hetero) is 1. The van der Waals surface area contributed by atoms with Gasteiger partial charge in [0.25, 0.3) is 5.56 Å². The van der Waals surface area contributed by atoms with E-state index in [9.17, 15) is 19.2 Å². The molecule has 54 heavy (non-hydrogen) atoms. The number of aryl methyl sites for hydroxylation is 1. The number of fused-ring (bicyclic) bond motifs is 1. The fraction of sp³-hybridized carbons (Fsp3) is 0.488. The number of pyridine rings is 2. The number of carbonyl (C=O) groups excluding carboxylic acids is 3. The minimum atomic E-state index is -0.260. The number of hydrogen-bond acceptors (Lipinski definition) is 11. The quantitative estimate of drug-likeness (QED) is 0.180. The smallest absolute Gasteiger partial charge is 0.263 e. The number of amides is 2. The third-order valence-electron chi connectivity index (χ3n) is 11.9. The van der Waals surface area contributed by atoms with Crippen LogP contribution in [0.25, 0.3) is 11.0 Å². The largest absolute Gasteiger partial charge is 0.369 e. The number of carbonyl (C=O) groups is 3. The van der Waals surface area contributed by atoms with Gasteiger partial charge in [-0.15, -0.1) is 0 Å². The van der Waals surface area contributed by atoms with Gasteiger partial charge in [-0.3, -0.25) is 38.9 Å². The SMILES string of the molecule is CC(=O)c1c(C)c2cnc(Nc3ccc(CN4CCC[C@H](N5CCN(c6ccc(C7CCC(=O)NC7=O)cc6)CC5)C4)cn3)nc2n(C2CCCC2)c1=O. The van der Waals surface area contributed by atoms with Crippen molar-refractivity contribution < 1.29 is 14.4 Å². The van der Waals surface area contributed by atoms with Gasteiger partial charge < -0.3 is 10.2 Å². The summed E-state index contributed by atoms with van der Waals surface area (Å²) in [6, 6.07) is 12.9. The summed E-state index contributed by atoms with van der Waals surface area (Å²) in [4.78, 5) is 71.5. The third-order valence-corrected chi connectivity index (χ3v) is 11.9. The number of imide groups is 1. The van der Waals surface area contributed by atoms with Crippen molar-refractivity contribution in [3.63, 3.8) is 0 Å². The molecular formula is C41H49N9O4. The molecule has 3 saturated heterocycles. The number of nitrogens with zero attached hydrogens (tertiary/aromatic N) is 7. The van der Waals surface area contributed by atoms with Crippen LogP contribution >= 0.6 is 0 Å². The lowest BCUT2D eigenvalue weighted by Crippen LogP contribution is -2.55. The second kappa shape index (κ2) is 15.4. The summed E-state index contributed by atoms with van der Waals surface area (Å²) in [6.07, 6.45) is 10.8. The van der Waals surface area contributed by atoms with Gasteiger partial charge in [0.2, 0.25) is 17.8 Å². The highest BCUT2D eigenvalue weighted by molar-refractivity contribution is 6.01. The Labute approximate surface area is 315 Å². The molecule has 0 bridgehead atoms. The Morgan fingerprint density at radius 1 is 0.870 bits per heavy atom. The Hall–Kier alpha value is -5.01. The molecule has 1 aromatic carbocycles. The first-order valence-corrected chi connectivity index (χ1v) is 19.5. The van der Waals surface area contributed by atoms with Crippen molar-refractivity contribution in [2.75, 3.05) is 49.5 Å². The maximum atomic E-state index is 13.6. The van der Waals surface area contributed by atoms with E-state index in [-0.39, 0.29) is 40.7 Å². The van der Waals surface area contributed by atoms with Crippen molar-refractivity contribution in [1.82, 2.24) is 34.6 Å². The Morgan fingerprint density at radius 3 is 2.33 bits per heavy atom. The van der Waals surface area contributed by atoms with Crippen LogP contribution in [-0.4, -0.2) is 92.2 Å². The van der Waals surface area contributed by atoms with Crippen LogP contribution in [0.4, 0.5) is 17.5 Å². The minimum Gasteiger partial charge on any atom is -0.369 e. The lowest BCUT2D eigenvalue weighted by Gasteiger charge is -2.44. The van der Waals surface area contributed by atoms with Gasteiger partial charge in [0.15, 0.2) is 5.78 Å². The Kier molecular flexibility index (Phi) is 10.3. The van der Waals surface area contributed by atoms with Crippen molar-refractivity contribution in [2.45, 2.75) is 89.8 Å². The number of rotatable bonds is 9. The molecule has 0 radical (unpaired) electrons. The number of piperidine rings is 2. The van der Waals surface area contributed by atoms with E-state index in [0.29, 0.717) is 41.9 Å². The summed E-state index contributed by atoms with van der Waals surface area (Å²) in [5.74, 6) is 0.136. The van der Waals surface area contributed by atoms with Crippen LogP contribution in [-0.2, 0) is 16.1 Å². The van der Waals surface area contributed by atoms with E-state index >= 15 is 0 Å². The number of nitrogens with one attached hydrogen (secondary N) is 2. The Morgan fingerprint density at radius 2 is 1.63 bits per heavy atom. The van der Waals surface area contributed by atoms with Crippen LogP contribution in [0.15, 0.2) is 53.6 Å². The summed E-state index contributed by atoms with van der Waals surface area (Å²) in [5, 5.41) is 6.43. The van der Waals surface area contributed by atoms with E-state index in [1.807, 2.05) is 24.4 Å². The number of ketones is 1. The molecule has 0 spiro atoms. The van der Waals surface area contributed by atoms with Gasteiger partial charge in [0.1, 0.15) is 11.5 Å². The summed E-state index contributed by atoms with van der Waals surface area (Å²) >= 11 is 0. The Bertz CT molecular complexity index is 2100. The number of aromatic nitrogens is 4. The van der Waals surface area contributed by atoms with Crippen LogP contribution in [0.1, 0.15) is 97.3 Å². The van der Waals surface area contributed by atoms with Gasteiger partial charge >= 0.3 is 0 Å². The van der Waals surface area contributed by atoms with Crippen molar-refractivity contribution in [3.8, 4) is 0 Å². The molecule has 4 aromatic rings. The highest BCUT2D eigenvalue weighted by Gasteiger charge is 2.31. The summed E-state index contributed by atoms with van der Waals surface area (Å²) in [6.45, 7) is 10.1. The van der Waals surface area contributed by atoms with Gasteiger partial charge in [-0.1, -0.05) is 31.0 Å². The molecule has 1 unspecified atom stereocenters. The van der Waals surface area contributed by atoms with Gasteiger partial charge in [-0.2, -0.15) is 4.98 Å². The lowest BCUT2D eigenvalue weighted by atomic mass is 9.90. The van der Waals surface area contributed by atoms with Crippen molar-refractivity contribution in [1.29, 1.82) is 0 Å². The normalized spacial score (nSPS) is 21.8. The molecule has 2 atom stereocenters. The standard InChI is InChI=1S/C41H49N9O4/c1-26-34-23-43-41(46-38(34)50(31-6-3-4-7-31)40(54)37(26)27(2)51)44-35-15-9-28(22-42-35)24-47-17-5-8-32(25-47)49-20-18-48(19-21-49)30-12-10-29(11-13-30)33-14-16-36(52)45-39(33)53/h9-13,15,22-23,31-33H,3-8,14,16-21,24-25H2,1-2H3,(H,45,52,53)(H,42,43,44,46)/t32-,33?/m0/s1. The van der Waals surface area contributed by atoms with Crippen LogP contribution in [0.5, 0.6) is 0 Å². The molecule has 3 aromatic heterocycles. The van der Waals surface area contributed by atoms with E-state index in [4.69, 9.17) is 9.97 Å². The zero-order chi connectivity index (χ0) is 37.3. The lowest BCUT2D eigenvalue weighted by molar-refractivity contribution is -0.134. The van der Waals surface area contributed by atoms with Gasteiger partial charge in [-0.05, 0) is 87.4 Å². The van der Waals surface area contributed by atoms with E-state index in [1.165, 1.54) is 25.5 Å². The van der Waals surface area contributed by atoms with Gasteiger partial charge in [0, 0.05) is 81.2 Å². The fourth-order valence-corrected chi connectivity index (χ4v) is 9.02. The molecule has 2 amide bonds. The highest BCUT2D eigenvalue weighted by Crippen LogP contribution is 2.32. The molecule has 3 aliphatic heterocycles. The summed E-state index contributed by atoms with van der Waals surface area (Å²) < 4.78 is 1.73. The molecule has 8 rings (SSSR count). The maximum Gasteiger partial charge on any atom is 0.263 e. The topological polar surface area (TPSA) is 146 Å². The molecule has 13 heteroatoms. The molecule has 4 fully saturated rings. The Balaban J connectivity index is 0.865. The first-order chi connectivity index (χ1) is 26.2. The van der Waals surface area contributed by atoms with Crippen LogP contribution in [0.2, 0.25) is 0 Å². The summed E-state index contributed by atoms with van der Waals surface area (Å²) in [5.41, 5.74) is 4.45. The van der Waals surface area contributed by atoms with Crippen molar-refractivity contribution in [3.05, 3.63) is 81.4 Å². The number of anilines is 3. The minimum absolute atomic E-state index is 0.0240. The second-order valence-corrected chi connectivity index (χ2v) is 15.4. The van der Waals surface area contributed by atoms with Crippen molar-refractivity contribution in [2.24, 2.45) is 0 Å². The molecule has 6 heterocycles. The fourth-order valence-electron chi connectivity index (χ4n) is 9.02. The molecule has 282 valence electrons. The molecule has 1 aliphatic carbocycles. The van der Waals surface area contributed by atoms with E-state index in [2.05, 4.69) is 48.5 Å². The first kappa shape index (κ1) is 36.0. The van der Waals surface area contributed by atoms with Gasteiger partial charge in [0.05, 0.1) is 11.5 Å². The van der Waals surface area contributed by atoms with E-state index in [1.54, 1.807) is 17.7 Å². The average Bonchev–Trinajstić information content (AvgIpc) is 3.70. The highest BCUT2D eigenvalue weighted by atomic mass is 16.2. The predicted molar refractivity (Wildman–Crippen MR) is 207 cm³/mol. The van der Waals surface area contributed by atoms with Crippen LogP contribution in [0, 0.1) is 6.92 Å².